The predicted octanol–water partition coefficient (Wildman–Crippen LogP) is 8.78. The number of nitrogens with zero attached hydrogens (tertiary/aromatic N) is 3. The first-order valence-corrected chi connectivity index (χ1v) is 16.6. The highest BCUT2D eigenvalue weighted by atomic mass is 35.5. The summed E-state index contributed by atoms with van der Waals surface area (Å²) in [7, 11) is 0. The van der Waals surface area contributed by atoms with Crippen LogP contribution in [0.4, 0.5) is 5.69 Å². The number of hydrogen-bond donors (Lipinski definition) is 2. The Morgan fingerprint density at radius 1 is 0.860 bits per heavy atom. The van der Waals surface area contributed by atoms with Crippen molar-refractivity contribution in [2.75, 3.05) is 31.9 Å². The van der Waals surface area contributed by atoms with Gasteiger partial charge in [0.1, 0.15) is 0 Å². The van der Waals surface area contributed by atoms with Crippen LogP contribution in [0.5, 0.6) is 0 Å². The number of benzene rings is 2. The Bertz CT molecular complexity index is 1240. The van der Waals surface area contributed by atoms with Crippen LogP contribution in [-0.2, 0) is 9.59 Å². The van der Waals surface area contributed by atoms with E-state index in [4.69, 9.17) is 43.4 Å². The SMILES string of the molecule is CCCCCCN(CCCCCC)CCSC1=Nc2ccc(Cl)cc2C(c2ccccc2Cl)=NC1.O=C(O)C=CC(=O)O. The highest BCUT2D eigenvalue weighted by Gasteiger charge is 2.19. The van der Waals surface area contributed by atoms with E-state index in [0.29, 0.717) is 28.7 Å². The molecular weight excluding hydrogens is 605 g/mol. The lowest BCUT2D eigenvalue weighted by atomic mass is 10.0. The van der Waals surface area contributed by atoms with Crippen LogP contribution >= 0.6 is 35.0 Å². The molecule has 0 fully saturated rings. The van der Waals surface area contributed by atoms with Crippen molar-refractivity contribution in [3.8, 4) is 0 Å². The molecule has 0 aromatic heterocycles. The van der Waals surface area contributed by atoms with Gasteiger partial charge in [-0.05, 0) is 50.2 Å². The molecular formula is C33H43Cl2N3O4S. The van der Waals surface area contributed by atoms with Crippen molar-refractivity contribution in [1.29, 1.82) is 0 Å². The number of carboxylic acid groups (broad SMARTS) is 2. The number of carboxylic acids is 2. The minimum absolute atomic E-state index is 0.558. The molecule has 0 amide bonds. The second-order valence-electron chi connectivity index (χ2n) is 10.1. The highest BCUT2D eigenvalue weighted by Crippen LogP contribution is 2.31. The number of unbranched alkanes of at least 4 members (excludes halogenated alkanes) is 6. The van der Waals surface area contributed by atoms with E-state index in [1.54, 1.807) is 0 Å². The molecule has 234 valence electrons. The van der Waals surface area contributed by atoms with Crippen LogP contribution in [0.25, 0.3) is 0 Å². The van der Waals surface area contributed by atoms with E-state index in [1.165, 1.54) is 64.5 Å². The molecule has 1 heterocycles. The molecule has 2 aromatic rings. The van der Waals surface area contributed by atoms with E-state index in [-0.39, 0.29) is 0 Å². The lowest BCUT2D eigenvalue weighted by Crippen LogP contribution is -2.29. The second-order valence-corrected chi connectivity index (χ2v) is 12.1. The smallest absolute Gasteiger partial charge is 0.328 e. The molecule has 0 saturated heterocycles. The summed E-state index contributed by atoms with van der Waals surface area (Å²) >= 11 is 14.7. The molecule has 0 bridgehead atoms. The summed E-state index contributed by atoms with van der Waals surface area (Å²) in [5, 5.41) is 18.0. The largest absolute Gasteiger partial charge is 0.478 e. The maximum absolute atomic E-state index is 9.55. The topological polar surface area (TPSA) is 103 Å². The Kier molecular flexibility index (Phi) is 17.9. The third-order valence-corrected chi connectivity index (χ3v) is 8.17. The van der Waals surface area contributed by atoms with Gasteiger partial charge in [0.15, 0.2) is 0 Å². The summed E-state index contributed by atoms with van der Waals surface area (Å²) in [6.07, 6.45) is 11.6. The summed E-state index contributed by atoms with van der Waals surface area (Å²) in [5.74, 6) is -1.49. The molecule has 0 aliphatic carbocycles. The average molecular weight is 649 g/mol. The molecule has 0 unspecified atom stereocenters. The second kappa shape index (κ2) is 21.1. The van der Waals surface area contributed by atoms with Gasteiger partial charge in [0, 0.05) is 45.6 Å². The Labute approximate surface area is 270 Å². The zero-order valence-electron chi connectivity index (χ0n) is 25.1. The van der Waals surface area contributed by atoms with Gasteiger partial charge in [-0.15, -0.1) is 11.8 Å². The standard InChI is InChI=1S/C29H39Cl2N3S.C4H4O4/c1-3-5-7-11-17-34(18-12-8-6-4-2)19-20-35-28-22-32-29(24-13-9-10-14-26(24)31)25-21-23(30)15-16-27(25)33-28;5-3(6)1-2-4(7)8/h9-10,13-16,21H,3-8,11-12,17-20,22H2,1-2H3;1-2H,(H,5,6)(H,7,8). The van der Waals surface area contributed by atoms with Gasteiger partial charge in [-0.1, -0.05) is 93.8 Å². The highest BCUT2D eigenvalue weighted by molar-refractivity contribution is 8.14. The van der Waals surface area contributed by atoms with Crippen LogP contribution in [0.2, 0.25) is 10.0 Å². The van der Waals surface area contributed by atoms with E-state index >= 15 is 0 Å². The lowest BCUT2D eigenvalue weighted by Gasteiger charge is -2.22. The van der Waals surface area contributed by atoms with Gasteiger partial charge in [0.05, 0.1) is 23.0 Å². The summed E-state index contributed by atoms with van der Waals surface area (Å²) in [6, 6.07) is 13.7. The first kappa shape index (κ1) is 36.5. The molecule has 7 nitrogen and oxygen atoms in total. The van der Waals surface area contributed by atoms with Crippen LogP contribution in [0, 0.1) is 0 Å². The molecule has 0 radical (unpaired) electrons. The van der Waals surface area contributed by atoms with Gasteiger partial charge in [0.25, 0.3) is 0 Å². The number of rotatable bonds is 16. The summed E-state index contributed by atoms with van der Waals surface area (Å²) in [6.45, 7) is 8.61. The molecule has 0 spiro atoms. The molecule has 1 aliphatic rings. The quantitative estimate of drug-likeness (QED) is 0.139. The fourth-order valence-corrected chi connectivity index (χ4v) is 5.75. The van der Waals surface area contributed by atoms with Gasteiger partial charge in [-0.25, -0.2) is 14.6 Å². The monoisotopic (exact) mass is 647 g/mol. The van der Waals surface area contributed by atoms with Crippen LogP contribution in [0.1, 0.15) is 76.3 Å². The van der Waals surface area contributed by atoms with E-state index in [2.05, 4.69) is 18.7 Å². The van der Waals surface area contributed by atoms with Crippen molar-refractivity contribution < 1.29 is 19.8 Å². The molecule has 0 saturated carbocycles. The summed E-state index contributed by atoms with van der Waals surface area (Å²) < 4.78 is 0. The van der Waals surface area contributed by atoms with Gasteiger partial charge in [0.2, 0.25) is 0 Å². The van der Waals surface area contributed by atoms with Gasteiger partial charge >= 0.3 is 11.9 Å². The molecule has 0 atom stereocenters. The third kappa shape index (κ3) is 14.6. The molecule has 43 heavy (non-hydrogen) atoms. The van der Waals surface area contributed by atoms with Crippen LogP contribution < -0.4 is 0 Å². The van der Waals surface area contributed by atoms with Crippen LogP contribution in [-0.4, -0.2) is 69.7 Å². The van der Waals surface area contributed by atoms with Gasteiger partial charge in [-0.2, -0.15) is 0 Å². The maximum Gasteiger partial charge on any atom is 0.328 e. The van der Waals surface area contributed by atoms with E-state index in [1.807, 2.05) is 54.2 Å². The summed E-state index contributed by atoms with van der Waals surface area (Å²) in [5.41, 5.74) is 3.63. The number of fused-ring (bicyclic) bond motifs is 1. The van der Waals surface area contributed by atoms with E-state index in [0.717, 1.165) is 39.9 Å². The first-order chi connectivity index (χ1) is 20.7. The number of aliphatic carboxylic acids is 2. The van der Waals surface area contributed by atoms with Gasteiger partial charge in [-0.3, -0.25) is 4.99 Å². The van der Waals surface area contributed by atoms with Crippen molar-refractivity contribution in [3.63, 3.8) is 0 Å². The Morgan fingerprint density at radius 3 is 2.07 bits per heavy atom. The van der Waals surface area contributed by atoms with Crippen molar-refractivity contribution in [1.82, 2.24) is 4.90 Å². The minimum atomic E-state index is -1.26. The Morgan fingerprint density at radius 2 is 1.49 bits per heavy atom. The fourth-order valence-electron chi connectivity index (χ4n) is 4.45. The molecule has 10 heteroatoms. The molecule has 2 N–H and O–H groups in total. The van der Waals surface area contributed by atoms with Crippen LogP contribution in [0.3, 0.4) is 0 Å². The van der Waals surface area contributed by atoms with E-state index in [9.17, 15) is 9.59 Å². The summed E-state index contributed by atoms with van der Waals surface area (Å²) in [4.78, 5) is 31.7. The number of halogens is 2. The zero-order chi connectivity index (χ0) is 31.5. The van der Waals surface area contributed by atoms with Crippen LogP contribution in [0.15, 0.2) is 64.6 Å². The number of aliphatic imine (C=N–C) groups is 2. The number of hydrogen-bond acceptors (Lipinski definition) is 6. The van der Waals surface area contributed by atoms with E-state index < -0.39 is 11.9 Å². The normalized spacial score (nSPS) is 12.7. The lowest BCUT2D eigenvalue weighted by molar-refractivity contribution is -0.134. The molecule has 1 aliphatic heterocycles. The average Bonchev–Trinajstić information content (AvgIpc) is 3.15. The van der Waals surface area contributed by atoms with Crippen molar-refractivity contribution >= 4 is 63.3 Å². The molecule has 2 aromatic carbocycles. The van der Waals surface area contributed by atoms with Gasteiger partial charge < -0.3 is 15.1 Å². The first-order valence-electron chi connectivity index (χ1n) is 14.9. The van der Waals surface area contributed by atoms with Crippen molar-refractivity contribution in [2.45, 2.75) is 65.2 Å². The maximum atomic E-state index is 9.55. The number of carbonyl (C=O) groups is 2. The fraction of sp³-hybridized carbons (Fsp3) is 0.455. The van der Waals surface area contributed by atoms with Crippen molar-refractivity contribution in [3.05, 3.63) is 75.8 Å². The minimum Gasteiger partial charge on any atom is -0.478 e. The Hall–Kier alpha value is -2.65. The Balaban J connectivity index is 0.000000708. The molecule has 3 rings (SSSR count). The number of thioether (sulfide) groups is 1. The third-order valence-electron chi connectivity index (χ3n) is 6.66. The zero-order valence-corrected chi connectivity index (χ0v) is 27.4. The van der Waals surface area contributed by atoms with Crippen molar-refractivity contribution in [2.24, 2.45) is 9.98 Å². The predicted molar refractivity (Wildman–Crippen MR) is 182 cm³/mol.